The van der Waals surface area contributed by atoms with Gasteiger partial charge in [-0.2, -0.15) is 0 Å². The number of rotatable bonds is 0. The summed E-state index contributed by atoms with van der Waals surface area (Å²) in [6, 6.07) is 26.1. The highest BCUT2D eigenvalue weighted by Crippen LogP contribution is 2.40. The molecule has 0 atom stereocenters. The van der Waals surface area contributed by atoms with E-state index in [1.165, 1.54) is 10.9 Å². The first-order valence-corrected chi connectivity index (χ1v) is 7.55. The molecule has 1 aromatic heterocycles. The van der Waals surface area contributed by atoms with Gasteiger partial charge in [0.2, 0.25) is 0 Å². The average Bonchev–Trinajstić information content (AvgIpc) is 3.09. The van der Waals surface area contributed by atoms with Crippen LogP contribution in [0.1, 0.15) is 0 Å². The lowest BCUT2D eigenvalue weighted by Gasteiger charge is -2.20. The van der Waals surface area contributed by atoms with Gasteiger partial charge >= 0.3 is 0 Å². The molecular weight excluding hydrogens is 284 g/mol. The molecule has 1 aliphatic rings. The Hall–Kier alpha value is -3.20. The van der Waals surface area contributed by atoms with Gasteiger partial charge in [0.05, 0.1) is 11.4 Å². The summed E-state index contributed by atoms with van der Waals surface area (Å²) >= 11 is 0. The van der Waals surface area contributed by atoms with Crippen molar-refractivity contribution < 1.29 is 4.74 Å². The lowest BCUT2D eigenvalue weighted by molar-refractivity contribution is 0.481. The monoisotopic (exact) mass is 300 g/mol. The van der Waals surface area contributed by atoms with Crippen molar-refractivity contribution in [1.82, 2.24) is 4.98 Å². The van der Waals surface area contributed by atoms with E-state index < -0.39 is 0 Å². The largest absolute Gasteiger partial charge is 0.453 e. The van der Waals surface area contributed by atoms with Crippen molar-refractivity contribution in [3.63, 3.8) is 0 Å². The molecule has 0 fully saturated rings. The topological polar surface area (TPSA) is 37.0 Å². The molecule has 0 radical (unpaired) electrons. The molecule has 2 heterocycles. The van der Waals surface area contributed by atoms with Gasteiger partial charge in [0, 0.05) is 11.7 Å². The Labute approximate surface area is 134 Å². The molecule has 0 bridgehead atoms. The maximum absolute atomic E-state index is 5.71. The molecular formula is C20H16N2O. The zero-order valence-corrected chi connectivity index (χ0v) is 12.5. The molecule has 0 saturated carbocycles. The van der Waals surface area contributed by atoms with Crippen molar-refractivity contribution >= 4 is 22.3 Å². The van der Waals surface area contributed by atoms with Gasteiger partial charge in [-0.15, -0.1) is 0 Å². The number of aromatic nitrogens is 1. The summed E-state index contributed by atoms with van der Waals surface area (Å²) in [4.78, 5) is 3.12. The lowest BCUT2D eigenvalue weighted by atomic mass is 10.2. The van der Waals surface area contributed by atoms with Gasteiger partial charge in [-0.3, -0.25) is 0 Å². The van der Waals surface area contributed by atoms with Crippen molar-refractivity contribution in [3.8, 4) is 11.5 Å². The van der Waals surface area contributed by atoms with E-state index in [0.717, 1.165) is 22.9 Å². The zero-order valence-electron chi connectivity index (χ0n) is 12.5. The van der Waals surface area contributed by atoms with Crippen LogP contribution in [-0.2, 0) is 0 Å². The second kappa shape index (κ2) is 5.89. The Morgan fingerprint density at radius 1 is 0.609 bits per heavy atom. The predicted molar refractivity (Wildman–Crippen MR) is 94.5 cm³/mol. The summed E-state index contributed by atoms with van der Waals surface area (Å²) in [5, 5.41) is 4.59. The molecule has 3 heteroatoms. The van der Waals surface area contributed by atoms with Crippen molar-refractivity contribution in [2.24, 2.45) is 0 Å². The summed E-state index contributed by atoms with van der Waals surface area (Å²) < 4.78 is 5.71. The minimum absolute atomic E-state index is 0.881. The Bertz CT molecular complexity index is 825. The summed E-state index contributed by atoms with van der Waals surface area (Å²) in [6.07, 6.45) is 1.95. The SMILES string of the molecule is c1ccc2[nH]ccc2c1.c1ccc2c(c1)Nc1ccccc1O2. The van der Waals surface area contributed by atoms with E-state index in [-0.39, 0.29) is 0 Å². The van der Waals surface area contributed by atoms with Crippen LogP contribution in [0.15, 0.2) is 85.1 Å². The van der Waals surface area contributed by atoms with Crippen molar-refractivity contribution in [1.29, 1.82) is 0 Å². The third kappa shape index (κ3) is 2.77. The van der Waals surface area contributed by atoms with E-state index >= 15 is 0 Å². The molecule has 23 heavy (non-hydrogen) atoms. The van der Waals surface area contributed by atoms with Crippen molar-refractivity contribution in [2.75, 3.05) is 5.32 Å². The normalized spacial score (nSPS) is 11.3. The molecule has 4 aromatic rings. The van der Waals surface area contributed by atoms with Gasteiger partial charge in [0.25, 0.3) is 0 Å². The maximum atomic E-state index is 5.71. The standard InChI is InChI=1S/C12H9NO.C8H7N/c1-3-7-11-9(5-1)13-10-6-2-4-8-12(10)14-11;1-2-4-8-7(3-1)5-6-9-8/h1-8,13H;1-6,9H. The van der Waals surface area contributed by atoms with Crippen molar-refractivity contribution in [3.05, 3.63) is 85.1 Å². The third-order valence-corrected chi connectivity index (χ3v) is 3.73. The Balaban J connectivity index is 0.000000130. The Kier molecular flexibility index (Phi) is 3.45. The van der Waals surface area contributed by atoms with Crippen LogP contribution in [-0.4, -0.2) is 4.98 Å². The summed E-state index contributed by atoms with van der Waals surface area (Å²) in [5.41, 5.74) is 3.25. The molecule has 3 nitrogen and oxygen atoms in total. The lowest BCUT2D eigenvalue weighted by Crippen LogP contribution is -2.01. The molecule has 0 saturated heterocycles. The highest BCUT2D eigenvalue weighted by atomic mass is 16.5. The average molecular weight is 300 g/mol. The fourth-order valence-corrected chi connectivity index (χ4v) is 2.58. The number of aromatic amines is 1. The molecule has 5 rings (SSSR count). The number of anilines is 2. The molecule has 0 unspecified atom stereocenters. The smallest absolute Gasteiger partial charge is 0.150 e. The molecule has 0 spiro atoms. The molecule has 0 amide bonds. The number of hydrogen-bond donors (Lipinski definition) is 2. The van der Waals surface area contributed by atoms with E-state index in [4.69, 9.17) is 4.74 Å². The van der Waals surface area contributed by atoms with E-state index in [9.17, 15) is 0 Å². The second-order valence-electron chi connectivity index (χ2n) is 5.28. The first-order chi connectivity index (χ1) is 11.4. The molecule has 112 valence electrons. The van der Waals surface area contributed by atoms with Crippen LogP contribution in [0.3, 0.4) is 0 Å². The molecule has 2 N–H and O–H groups in total. The van der Waals surface area contributed by atoms with Gasteiger partial charge in [0.1, 0.15) is 0 Å². The third-order valence-electron chi connectivity index (χ3n) is 3.73. The van der Waals surface area contributed by atoms with Crippen LogP contribution < -0.4 is 10.1 Å². The number of fused-ring (bicyclic) bond motifs is 3. The Morgan fingerprint density at radius 2 is 1.22 bits per heavy atom. The zero-order chi connectivity index (χ0) is 15.5. The van der Waals surface area contributed by atoms with Crippen LogP contribution in [0.2, 0.25) is 0 Å². The first kappa shape index (κ1) is 13.5. The number of para-hydroxylation sites is 5. The molecule has 1 aliphatic heterocycles. The summed E-state index contributed by atoms with van der Waals surface area (Å²) in [6.45, 7) is 0. The van der Waals surface area contributed by atoms with Gasteiger partial charge in [0.15, 0.2) is 11.5 Å². The van der Waals surface area contributed by atoms with E-state index in [1.54, 1.807) is 0 Å². The quantitative estimate of drug-likeness (QED) is 0.384. The maximum Gasteiger partial charge on any atom is 0.150 e. The second-order valence-corrected chi connectivity index (χ2v) is 5.28. The first-order valence-electron chi connectivity index (χ1n) is 7.55. The van der Waals surface area contributed by atoms with E-state index in [1.807, 2.05) is 66.9 Å². The van der Waals surface area contributed by atoms with Crippen LogP contribution in [0, 0.1) is 0 Å². The van der Waals surface area contributed by atoms with Crippen LogP contribution in [0.25, 0.3) is 10.9 Å². The minimum atomic E-state index is 0.881. The number of nitrogens with one attached hydrogen (secondary N) is 2. The fourth-order valence-electron chi connectivity index (χ4n) is 2.58. The number of hydrogen-bond acceptors (Lipinski definition) is 2. The van der Waals surface area contributed by atoms with Gasteiger partial charge in [-0.05, 0) is 41.8 Å². The van der Waals surface area contributed by atoms with Gasteiger partial charge < -0.3 is 15.0 Å². The summed E-state index contributed by atoms with van der Waals surface area (Å²) in [5.74, 6) is 1.76. The van der Waals surface area contributed by atoms with Crippen LogP contribution in [0.5, 0.6) is 11.5 Å². The number of H-pyrrole nitrogens is 1. The van der Waals surface area contributed by atoms with E-state index in [0.29, 0.717) is 0 Å². The van der Waals surface area contributed by atoms with Gasteiger partial charge in [-0.25, -0.2) is 0 Å². The molecule has 3 aromatic carbocycles. The Morgan fingerprint density at radius 3 is 1.91 bits per heavy atom. The van der Waals surface area contributed by atoms with Crippen LogP contribution in [0.4, 0.5) is 11.4 Å². The number of ether oxygens (including phenoxy) is 1. The summed E-state index contributed by atoms with van der Waals surface area (Å²) in [7, 11) is 0. The predicted octanol–water partition coefficient (Wildman–Crippen LogP) is 5.70. The minimum Gasteiger partial charge on any atom is -0.453 e. The molecule has 0 aliphatic carbocycles. The van der Waals surface area contributed by atoms with Crippen LogP contribution >= 0.6 is 0 Å². The fraction of sp³-hybridized carbons (Fsp3) is 0. The highest BCUT2D eigenvalue weighted by molar-refractivity contribution is 5.78. The number of benzene rings is 3. The van der Waals surface area contributed by atoms with Crippen molar-refractivity contribution in [2.45, 2.75) is 0 Å². The van der Waals surface area contributed by atoms with E-state index in [2.05, 4.69) is 28.5 Å². The van der Waals surface area contributed by atoms with Gasteiger partial charge in [-0.1, -0.05) is 42.5 Å². The highest BCUT2D eigenvalue weighted by Gasteiger charge is 2.13.